The lowest BCUT2D eigenvalue weighted by Crippen LogP contribution is -2.12. The minimum Gasteiger partial charge on any atom is -0.468 e. The molecule has 0 bridgehead atoms. The van der Waals surface area contributed by atoms with Gasteiger partial charge in [0, 0.05) is 0 Å². The molecule has 4 heteroatoms. The van der Waals surface area contributed by atoms with Gasteiger partial charge < -0.3 is 14.6 Å². The predicted molar refractivity (Wildman–Crippen MR) is 57.3 cm³/mol. The number of rotatable bonds is 6. The lowest BCUT2D eigenvalue weighted by Gasteiger charge is -2.05. The Bertz CT molecular complexity index is 260. The average molecular weight is 216 g/mol. The van der Waals surface area contributed by atoms with Gasteiger partial charge in [-0.1, -0.05) is 0 Å². The number of hydrogen-bond acceptors (Lipinski definition) is 4. The molecule has 0 fully saturated rings. The van der Waals surface area contributed by atoms with E-state index in [-0.39, 0.29) is 6.61 Å². The van der Waals surface area contributed by atoms with E-state index in [0.717, 1.165) is 17.3 Å². The van der Waals surface area contributed by atoms with Gasteiger partial charge in [-0.3, -0.25) is 0 Å². The molecule has 1 heterocycles. The third-order valence-corrected chi connectivity index (χ3v) is 3.00. The molecule has 1 atom stereocenters. The Kier molecular flexibility index (Phi) is 5.07. The van der Waals surface area contributed by atoms with Crippen molar-refractivity contribution >= 4 is 11.8 Å². The van der Waals surface area contributed by atoms with Crippen molar-refractivity contribution in [3.05, 3.63) is 23.7 Å². The van der Waals surface area contributed by atoms with E-state index in [0.29, 0.717) is 6.42 Å². The largest absolute Gasteiger partial charge is 0.468 e. The lowest BCUT2D eigenvalue weighted by molar-refractivity contribution is 0.0932. The maximum absolute atomic E-state index is 9.08. The molecule has 0 spiro atoms. The highest BCUT2D eigenvalue weighted by atomic mass is 32.2. The first kappa shape index (κ1) is 11.6. The molecule has 1 rings (SSSR count). The van der Waals surface area contributed by atoms with Crippen LogP contribution in [0.4, 0.5) is 0 Å². The molecule has 14 heavy (non-hydrogen) atoms. The Morgan fingerprint density at radius 1 is 1.57 bits per heavy atom. The fourth-order valence-corrected chi connectivity index (χ4v) is 2.09. The molecule has 2 N–H and O–H groups in total. The van der Waals surface area contributed by atoms with Crippen LogP contribution in [0.5, 0.6) is 0 Å². The maximum Gasteiger partial charge on any atom is 0.116 e. The van der Waals surface area contributed by atoms with Gasteiger partial charge in [0.05, 0.1) is 24.7 Å². The first-order valence-electron chi connectivity index (χ1n) is 4.63. The molecule has 1 unspecified atom stereocenters. The molecule has 0 aliphatic rings. The highest BCUT2D eigenvalue weighted by Crippen LogP contribution is 2.17. The monoisotopic (exact) mass is 216 g/mol. The summed E-state index contributed by atoms with van der Waals surface area (Å²) < 4.78 is 5.26. The second-order valence-electron chi connectivity index (χ2n) is 3.20. The predicted octanol–water partition coefficient (Wildman–Crippen LogP) is 1.56. The van der Waals surface area contributed by atoms with Crippen LogP contribution in [0.3, 0.4) is 0 Å². The molecule has 80 valence electrons. The minimum absolute atomic E-state index is 0.152. The molecule has 0 amide bonds. The third kappa shape index (κ3) is 3.74. The van der Waals surface area contributed by atoms with E-state index in [2.05, 4.69) is 0 Å². The van der Waals surface area contributed by atoms with Gasteiger partial charge in [0.1, 0.15) is 5.76 Å². The van der Waals surface area contributed by atoms with Crippen molar-refractivity contribution in [2.75, 3.05) is 12.4 Å². The Morgan fingerprint density at radius 2 is 2.36 bits per heavy atom. The van der Waals surface area contributed by atoms with Gasteiger partial charge in [0.2, 0.25) is 0 Å². The minimum atomic E-state index is -0.583. The number of hydrogen-bond donors (Lipinski definition) is 2. The molecule has 3 nitrogen and oxygen atoms in total. The highest BCUT2D eigenvalue weighted by molar-refractivity contribution is 7.98. The van der Waals surface area contributed by atoms with Crippen LogP contribution in [0, 0.1) is 6.92 Å². The van der Waals surface area contributed by atoms with E-state index in [1.807, 2.05) is 13.0 Å². The van der Waals surface area contributed by atoms with Crippen LogP contribution in [0.1, 0.15) is 17.7 Å². The summed E-state index contributed by atoms with van der Waals surface area (Å²) in [6.07, 6.45) is 1.73. The molecular formula is C10H16O3S. The first-order chi connectivity index (χ1) is 6.74. The lowest BCUT2D eigenvalue weighted by atomic mass is 10.3. The SMILES string of the molecule is Cc1ccoc1CSCCC(O)CO. The Labute approximate surface area is 88.1 Å². The Balaban J connectivity index is 2.13. The normalized spacial score (nSPS) is 13.1. The van der Waals surface area contributed by atoms with E-state index in [4.69, 9.17) is 14.6 Å². The van der Waals surface area contributed by atoms with Crippen molar-refractivity contribution in [2.24, 2.45) is 0 Å². The topological polar surface area (TPSA) is 53.6 Å². The molecule has 0 aliphatic carbocycles. The van der Waals surface area contributed by atoms with Crippen LogP contribution >= 0.6 is 11.8 Å². The molecule has 1 aromatic rings. The fourth-order valence-electron chi connectivity index (χ4n) is 1.03. The van der Waals surface area contributed by atoms with Gasteiger partial charge >= 0.3 is 0 Å². The Morgan fingerprint density at radius 3 is 2.93 bits per heavy atom. The van der Waals surface area contributed by atoms with E-state index in [1.54, 1.807) is 18.0 Å². The number of furan rings is 1. The summed E-state index contributed by atoms with van der Waals surface area (Å²) in [5.41, 5.74) is 1.17. The summed E-state index contributed by atoms with van der Waals surface area (Å²) in [5, 5.41) is 17.7. The van der Waals surface area contributed by atoms with E-state index in [1.165, 1.54) is 5.56 Å². The standard InChI is InChI=1S/C10H16O3S/c1-8-2-4-13-10(8)7-14-5-3-9(12)6-11/h2,4,9,11-12H,3,5-7H2,1H3. The van der Waals surface area contributed by atoms with Crippen LogP contribution in [-0.2, 0) is 5.75 Å². The number of aryl methyl sites for hydroxylation is 1. The summed E-state index contributed by atoms with van der Waals surface area (Å²) in [6.45, 7) is 1.86. The summed E-state index contributed by atoms with van der Waals surface area (Å²) >= 11 is 1.70. The van der Waals surface area contributed by atoms with Crippen LogP contribution in [0.2, 0.25) is 0 Å². The third-order valence-electron chi connectivity index (χ3n) is 2.01. The van der Waals surface area contributed by atoms with Crippen molar-refractivity contribution in [3.63, 3.8) is 0 Å². The second-order valence-corrected chi connectivity index (χ2v) is 4.31. The van der Waals surface area contributed by atoms with Crippen LogP contribution in [0.25, 0.3) is 0 Å². The van der Waals surface area contributed by atoms with Gasteiger partial charge in [0.15, 0.2) is 0 Å². The van der Waals surface area contributed by atoms with Crippen molar-refractivity contribution in [2.45, 2.75) is 25.2 Å². The molecule has 0 aromatic carbocycles. The van der Waals surface area contributed by atoms with E-state index >= 15 is 0 Å². The van der Waals surface area contributed by atoms with Crippen molar-refractivity contribution in [1.82, 2.24) is 0 Å². The summed E-state index contributed by atoms with van der Waals surface area (Å²) in [7, 11) is 0. The highest BCUT2D eigenvalue weighted by Gasteiger charge is 2.04. The van der Waals surface area contributed by atoms with Crippen molar-refractivity contribution < 1.29 is 14.6 Å². The number of thioether (sulfide) groups is 1. The molecular weight excluding hydrogens is 200 g/mol. The average Bonchev–Trinajstić information content (AvgIpc) is 2.58. The maximum atomic E-state index is 9.08. The second kappa shape index (κ2) is 6.11. The van der Waals surface area contributed by atoms with E-state index in [9.17, 15) is 0 Å². The molecule has 0 aliphatic heterocycles. The van der Waals surface area contributed by atoms with Gasteiger partial charge in [-0.2, -0.15) is 11.8 Å². The zero-order valence-electron chi connectivity index (χ0n) is 8.27. The van der Waals surface area contributed by atoms with Crippen LogP contribution in [0.15, 0.2) is 16.7 Å². The van der Waals surface area contributed by atoms with Gasteiger partial charge in [-0.15, -0.1) is 0 Å². The zero-order chi connectivity index (χ0) is 10.4. The van der Waals surface area contributed by atoms with Gasteiger partial charge in [-0.25, -0.2) is 0 Å². The zero-order valence-corrected chi connectivity index (χ0v) is 9.09. The fraction of sp³-hybridized carbons (Fsp3) is 0.600. The summed E-state index contributed by atoms with van der Waals surface area (Å²) in [5.74, 6) is 2.66. The summed E-state index contributed by atoms with van der Waals surface area (Å²) in [6, 6.07) is 1.94. The van der Waals surface area contributed by atoms with Crippen molar-refractivity contribution in [3.8, 4) is 0 Å². The van der Waals surface area contributed by atoms with Gasteiger partial charge in [0.25, 0.3) is 0 Å². The van der Waals surface area contributed by atoms with Gasteiger partial charge in [-0.05, 0) is 30.7 Å². The number of aliphatic hydroxyl groups is 2. The molecule has 0 saturated heterocycles. The van der Waals surface area contributed by atoms with Crippen LogP contribution in [-0.4, -0.2) is 28.7 Å². The Hall–Kier alpha value is -0.450. The quantitative estimate of drug-likeness (QED) is 0.709. The summed E-state index contributed by atoms with van der Waals surface area (Å²) in [4.78, 5) is 0. The first-order valence-corrected chi connectivity index (χ1v) is 5.79. The smallest absolute Gasteiger partial charge is 0.116 e. The van der Waals surface area contributed by atoms with Crippen molar-refractivity contribution in [1.29, 1.82) is 0 Å². The molecule has 0 saturated carbocycles. The van der Waals surface area contributed by atoms with E-state index < -0.39 is 6.10 Å². The molecule has 0 radical (unpaired) electrons. The molecule has 1 aromatic heterocycles. The van der Waals surface area contributed by atoms with Crippen LogP contribution < -0.4 is 0 Å². The number of aliphatic hydroxyl groups excluding tert-OH is 2.